The topological polar surface area (TPSA) is 38.7 Å². The van der Waals surface area contributed by atoms with Gasteiger partial charge in [-0.25, -0.2) is 9.97 Å². The Labute approximate surface area is 113 Å². The maximum Gasteiger partial charge on any atom is 0.179 e. The number of hydrogen-bond acceptors (Lipinski definition) is 3. The molecule has 2 heterocycles. The predicted molar refractivity (Wildman–Crippen MR) is 75.4 cm³/mol. The van der Waals surface area contributed by atoms with Crippen LogP contribution in [0.25, 0.3) is 22.3 Å². The minimum absolute atomic E-state index is 0.670. The summed E-state index contributed by atoms with van der Waals surface area (Å²) in [7, 11) is 0. The van der Waals surface area contributed by atoms with Crippen molar-refractivity contribution in [1.82, 2.24) is 15.0 Å². The third-order valence-corrected chi connectivity index (χ3v) is 3.31. The van der Waals surface area contributed by atoms with Gasteiger partial charge in [-0.3, -0.25) is 4.98 Å². The number of aromatic nitrogens is 3. The molecule has 1 aromatic carbocycles. The summed E-state index contributed by atoms with van der Waals surface area (Å²) in [5, 5.41) is 2.94. The highest BCUT2D eigenvalue weighted by Crippen LogP contribution is 2.23. The molecule has 0 amide bonds. The second kappa shape index (κ2) is 4.82. The van der Waals surface area contributed by atoms with Crippen LogP contribution in [-0.4, -0.2) is 15.0 Å². The number of nitrogens with zero attached hydrogens (tertiary/aromatic N) is 3. The van der Waals surface area contributed by atoms with Gasteiger partial charge in [-0.05, 0) is 17.5 Å². The number of alkyl halides is 1. The third kappa shape index (κ3) is 1.99. The van der Waals surface area contributed by atoms with Crippen molar-refractivity contribution < 1.29 is 0 Å². The van der Waals surface area contributed by atoms with Crippen LogP contribution in [0.2, 0.25) is 0 Å². The van der Waals surface area contributed by atoms with Gasteiger partial charge in [-0.15, -0.1) is 0 Å². The number of halogens is 1. The Hall–Kier alpha value is -1.81. The molecule has 18 heavy (non-hydrogen) atoms. The van der Waals surface area contributed by atoms with E-state index in [9.17, 15) is 0 Å². The highest BCUT2D eigenvalue weighted by atomic mass is 79.9. The third-order valence-electron chi connectivity index (χ3n) is 2.74. The Morgan fingerprint density at radius 1 is 0.944 bits per heavy atom. The van der Waals surface area contributed by atoms with Crippen molar-refractivity contribution in [2.45, 2.75) is 5.33 Å². The second-order valence-electron chi connectivity index (χ2n) is 3.89. The van der Waals surface area contributed by atoms with Gasteiger partial charge in [0.25, 0.3) is 0 Å². The van der Waals surface area contributed by atoms with Gasteiger partial charge in [-0.1, -0.05) is 40.2 Å². The Kier molecular flexibility index (Phi) is 3.02. The van der Waals surface area contributed by atoms with Gasteiger partial charge in [0.2, 0.25) is 0 Å². The van der Waals surface area contributed by atoms with Crippen LogP contribution in [0, 0.1) is 0 Å². The molecular weight excluding hydrogens is 290 g/mol. The maximum absolute atomic E-state index is 4.49. The number of fused-ring (bicyclic) bond motifs is 1. The largest absolute Gasteiger partial charge is 0.252 e. The summed E-state index contributed by atoms with van der Waals surface area (Å²) in [5.41, 5.74) is 1.78. The smallest absolute Gasteiger partial charge is 0.179 e. The average molecular weight is 300 g/mol. The van der Waals surface area contributed by atoms with E-state index >= 15 is 0 Å². The number of rotatable bonds is 2. The van der Waals surface area contributed by atoms with Gasteiger partial charge in [0.05, 0.1) is 5.69 Å². The normalized spacial score (nSPS) is 10.7. The first kappa shape index (κ1) is 11.3. The van der Waals surface area contributed by atoms with Crippen LogP contribution < -0.4 is 0 Å². The fraction of sp³-hybridized carbons (Fsp3) is 0.0714. The van der Waals surface area contributed by atoms with E-state index in [0.717, 1.165) is 22.2 Å². The van der Waals surface area contributed by atoms with Crippen LogP contribution in [0.3, 0.4) is 0 Å². The van der Waals surface area contributed by atoms with Crippen LogP contribution in [0.5, 0.6) is 0 Å². The zero-order valence-corrected chi connectivity index (χ0v) is 11.1. The van der Waals surface area contributed by atoms with Crippen molar-refractivity contribution >= 4 is 26.7 Å². The van der Waals surface area contributed by atoms with E-state index in [-0.39, 0.29) is 0 Å². The molecule has 88 valence electrons. The fourth-order valence-corrected chi connectivity index (χ4v) is 2.19. The lowest BCUT2D eigenvalue weighted by Gasteiger charge is -2.04. The van der Waals surface area contributed by atoms with E-state index in [4.69, 9.17) is 0 Å². The molecule has 0 radical (unpaired) electrons. The summed E-state index contributed by atoms with van der Waals surface area (Å²) < 4.78 is 0. The van der Waals surface area contributed by atoms with Crippen molar-refractivity contribution in [2.24, 2.45) is 0 Å². The van der Waals surface area contributed by atoms with Gasteiger partial charge in [0.1, 0.15) is 5.69 Å². The van der Waals surface area contributed by atoms with Gasteiger partial charge < -0.3 is 0 Å². The van der Waals surface area contributed by atoms with Gasteiger partial charge in [0, 0.05) is 23.1 Å². The molecule has 0 fully saturated rings. The summed E-state index contributed by atoms with van der Waals surface area (Å²) in [5.74, 6) is 0.670. The van der Waals surface area contributed by atoms with Gasteiger partial charge in [0.15, 0.2) is 5.82 Å². The van der Waals surface area contributed by atoms with Gasteiger partial charge in [-0.2, -0.15) is 0 Å². The Morgan fingerprint density at radius 2 is 1.78 bits per heavy atom. The lowest BCUT2D eigenvalue weighted by atomic mass is 10.1. The first-order valence-corrected chi connectivity index (χ1v) is 6.72. The molecule has 0 N–H and O–H groups in total. The number of hydrogen-bond donors (Lipinski definition) is 0. The molecule has 0 aliphatic rings. The van der Waals surface area contributed by atoms with E-state index in [0.29, 0.717) is 11.2 Å². The molecule has 0 bridgehead atoms. The highest BCUT2D eigenvalue weighted by molar-refractivity contribution is 9.08. The van der Waals surface area contributed by atoms with Crippen molar-refractivity contribution in [3.63, 3.8) is 0 Å². The van der Waals surface area contributed by atoms with Crippen molar-refractivity contribution in [3.05, 3.63) is 54.5 Å². The molecule has 0 spiro atoms. The standard InChI is InChI=1S/C14H10BrN3/c15-9-11-6-8-17-14(18-11)13-12-4-2-1-3-10(12)5-7-16-13/h1-8H,9H2. The minimum Gasteiger partial charge on any atom is -0.252 e. The summed E-state index contributed by atoms with van der Waals surface area (Å²) in [6, 6.07) is 12.0. The lowest BCUT2D eigenvalue weighted by molar-refractivity contribution is 1.09. The van der Waals surface area contributed by atoms with Crippen LogP contribution in [0.15, 0.2) is 48.8 Å². The molecule has 3 nitrogen and oxygen atoms in total. The van der Waals surface area contributed by atoms with Crippen LogP contribution >= 0.6 is 15.9 Å². The minimum atomic E-state index is 0.670. The van der Waals surface area contributed by atoms with Crippen LogP contribution in [-0.2, 0) is 5.33 Å². The summed E-state index contributed by atoms with van der Waals surface area (Å²) in [6.07, 6.45) is 3.56. The molecule has 2 aromatic heterocycles. The molecule has 3 aromatic rings. The van der Waals surface area contributed by atoms with Crippen molar-refractivity contribution in [2.75, 3.05) is 0 Å². The quantitative estimate of drug-likeness (QED) is 0.679. The highest BCUT2D eigenvalue weighted by Gasteiger charge is 2.07. The van der Waals surface area contributed by atoms with Crippen molar-refractivity contribution in [3.8, 4) is 11.5 Å². The Bertz CT molecular complexity index is 692. The maximum atomic E-state index is 4.49. The number of benzene rings is 1. The Balaban J connectivity index is 2.24. The van der Waals surface area contributed by atoms with E-state index in [2.05, 4.69) is 36.9 Å². The SMILES string of the molecule is BrCc1ccnc(-c2nccc3ccccc23)n1. The molecule has 0 aliphatic carbocycles. The van der Waals surface area contributed by atoms with E-state index in [1.54, 1.807) is 12.4 Å². The molecule has 0 unspecified atom stereocenters. The average Bonchev–Trinajstić information content (AvgIpc) is 2.47. The fourth-order valence-electron chi connectivity index (χ4n) is 1.88. The first-order valence-electron chi connectivity index (χ1n) is 5.60. The summed E-state index contributed by atoms with van der Waals surface area (Å²) in [6.45, 7) is 0. The van der Waals surface area contributed by atoms with Gasteiger partial charge >= 0.3 is 0 Å². The van der Waals surface area contributed by atoms with E-state index in [1.807, 2.05) is 30.3 Å². The van der Waals surface area contributed by atoms with Crippen LogP contribution in [0.1, 0.15) is 5.69 Å². The van der Waals surface area contributed by atoms with E-state index < -0.39 is 0 Å². The molecule has 4 heteroatoms. The zero-order valence-electron chi connectivity index (χ0n) is 9.55. The predicted octanol–water partition coefficient (Wildman–Crippen LogP) is 3.59. The molecule has 0 aliphatic heterocycles. The molecule has 0 saturated carbocycles. The lowest BCUT2D eigenvalue weighted by Crippen LogP contribution is -1.95. The summed E-state index contributed by atoms with van der Waals surface area (Å²) >= 11 is 3.40. The first-order chi connectivity index (χ1) is 8.88. The van der Waals surface area contributed by atoms with E-state index in [1.165, 1.54) is 0 Å². The zero-order chi connectivity index (χ0) is 12.4. The molecule has 3 rings (SSSR count). The monoisotopic (exact) mass is 299 g/mol. The summed E-state index contributed by atoms with van der Waals surface area (Å²) in [4.78, 5) is 13.2. The molecule has 0 atom stereocenters. The molecule has 0 saturated heterocycles. The Morgan fingerprint density at radius 3 is 2.67 bits per heavy atom. The van der Waals surface area contributed by atoms with Crippen LogP contribution in [0.4, 0.5) is 0 Å². The molecular formula is C14H10BrN3. The number of pyridine rings is 1. The van der Waals surface area contributed by atoms with Crippen molar-refractivity contribution in [1.29, 1.82) is 0 Å². The second-order valence-corrected chi connectivity index (χ2v) is 4.45.